The van der Waals surface area contributed by atoms with Crippen molar-refractivity contribution in [2.45, 2.75) is 37.8 Å². The summed E-state index contributed by atoms with van der Waals surface area (Å²) in [4.78, 5) is 25.8. The van der Waals surface area contributed by atoms with E-state index < -0.39 is 6.04 Å². The first-order valence-corrected chi connectivity index (χ1v) is 8.66. The summed E-state index contributed by atoms with van der Waals surface area (Å²) < 4.78 is 15.7. The Morgan fingerprint density at radius 3 is 2.84 bits per heavy atom. The van der Waals surface area contributed by atoms with Crippen LogP contribution in [0.5, 0.6) is 11.5 Å². The normalized spacial score (nSPS) is 25.5. The fraction of sp³-hybridized carbons (Fsp3) is 0.556. The second-order valence-electron chi connectivity index (χ2n) is 6.52. The number of ether oxygens (including phenoxy) is 3. The molecule has 25 heavy (non-hydrogen) atoms. The summed E-state index contributed by atoms with van der Waals surface area (Å²) in [5, 5.41) is 2.84. The summed E-state index contributed by atoms with van der Waals surface area (Å²) in [5.74, 6) is 0.666. The fourth-order valence-electron chi connectivity index (χ4n) is 3.72. The number of fused-ring (bicyclic) bond motifs is 1. The van der Waals surface area contributed by atoms with Gasteiger partial charge in [-0.2, -0.15) is 0 Å². The molecule has 2 heterocycles. The molecule has 0 radical (unpaired) electrons. The van der Waals surface area contributed by atoms with Gasteiger partial charge in [0.15, 0.2) is 17.5 Å². The average molecular weight is 349 g/mol. The topological polar surface area (TPSA) is 78.3 Å². The molecule has 0 bridgehead atoms. The molecule has 136 valence electrons. The van der Waals surface area contributed by atoms with Gasteiger partial charge in [-0.05, 0) is 25.0 Å². The molecule has 3 atom stereocenters. The molecule has 1 aromatic rings. The van der Waals surface area contributed by atoms with Crippen LogP contribution in [0.4, 0.5) is 5.69 Å². The molecule has 3 rings (SSSR count). The van der Waals surface area contributed by atoms with E-state index in [4.69, 9.17) is 14.2 Å². The van der Waals surface area contributed by atoms with Gasteiger partial charge >= 0.3 is 5.97 Å². The zero-order valence-electron chi connectivity index (χ0n) is 14.7. The maximum Gasteiger partial charge on any atom is 0.365 e. The van der Waals surface area contributed by atoms with Crippen molar-refractivity contribution in [3.8, 4) is 11.5 Å². The molecule has 2 N–H and O–H groups in total. The molecule has 7 nitrogen and oxygen atoms in total. The van der Waals surface area contributed by atoms with E-state index in [9.17, 15) is 9.59 Å². The Morgan fingerprint density at radius 2 is 2.08 bits per heavy atom. The van der Waals surface area contributed by atoms with Gasteiger partial charge in [-0.25, -0.2) is 4.79 Å². The Labute approximate surface area is 147 Å². The van der Waals surface area contributed by atoms with Crippen LogP contribution >= 0.6 is 0 Å². The molecule has 0 aliphatic carbocycles. The quantitative estimate of drug-likeness (QED) is 0.752. The van der Waals surface area contributed by atoms with Gasteiger partial charge in [-0.15, -0.1) is 0 Å². The largest absolute Gasteiger partial charge is 0.493 e. The number of benzene rings is 1. The maximum absolute atomic E-state index is 12.5. The zero-order chi connectivity index (χ0) is 17.8. The first-order valence-electron chi connectivity index (χ1n) is 8.66. The van der Waals surface area contributed by atoms with Gasteiger partial charge in [0.05, 0.1) is 27.2 Å². The number of hydrogen-bond acceptors (Lipinski definition) is 5. The summed E-state index contributed by atoms with van der Waals surface area (Å²) >= 11 is 0. The molecule has 1 amide bonds. The number of cyclic esters (lactones) is 1. The van der Waals surface area contributed by atoms with Crippen LogP contribution in [-0.2, 0) is 14.3 Å². The van der Waals surface area contributed by atoms with E-state index in [-0.39, 0.29) is 18.3 Å². The van der Waals surface area contributed by atoms with Crippen molar-refractivity contribution in [2.75, 3.05) is 32.7 Å². The van der Waals surface area contributed by atoms with Gasteiger partial charge in [0.2, 0.25) is 5.91 Å². The highest BCUT2D eigenvalue weighted by Gasteiger charge is 2.43. The van der Waals surface area contributed by atoms with E-state index >= 15 is 0 Å². The van der Waals surface area contributed by atoms with Crippen molar-refractivity contribution in [1.82, 2.24) is 0 Å². The van der Waals surface area contributed by atoms with Crippen LogP contribution < -0.4 is 19.7 Å². The average Bonchev–Trinajstić information content (AvgIpc) is 2.64. The number of quaternary nitrogens is 1. The molecule has 0 spiro atoms. The molecule has 2 aliphatic heterocycles. The number of hydrogen-bond donors (Lipinski definition) is 2. The SMILES string of the molecule is COc1ccc(NC(=O)C[C@H]2C(=O)OC[C@H]3CCCC[NH+]32)cc1OC. The second-order valence-corrected chi connectivity index (χ2v) is 6.52. The number of morpholine rings is 1. The van der Waals surface area contributed by atoms with E-state index in [1.54, 1.807) is 32.4 Å². The second kappa shape index (κ2) is 7.74. The molecule has 0 saturated carbocycles. The Kier molecular flexibility index (Phi) is 5.43. The van der Waals surface area contributed by atoms with Crippen LogP contribution in [0.25, 0.3) is 0 Å². The highest BCUT2D eigenvalue weighted by Crippen LogP contribution is 2.29. The minimum Gasteiger partial charge on any atom is -0.493 e. The van der Waals surface area contributed by atoms with Crippen molar-refractivity contribution >= 4 is 17.6 Å². The molecule has 1 unspecified atom stereocenters. The smallest absolute Gasteiger partial charge is 0.365 e. The number of carbonyl (C=O) groups is 2. The van der Waals surface area contributed by atoms with Gasteiger partial charge in [-0.3, -0.25) is 4.79 Å². The lowest BCUT2D eigenvalue weighted by Gasteiger charge is -2.40. The third kappa shape index (κ3) is 3.87. The van der Waals surface area contributed by atoms with Crippen molar-refractivity contribution < 1.29 is 28.7 Å². The van der Waals surface area contributed by atoms with E-state index in [1.807, 2.05) is 0 Å². The summed E-state index contributed by atoms with van der Waals surface area (Å²) in [6, 6.07) is 5.08. The van der Waals surface area contributed by atoms with Crippen LogP contribution in [0.3, 0.4) is 0 Å². The molecular formula is C18H25N2O5+. The summed E-state index contributed by atoms with van der Waals surface area (Å²) in [6.07, 6.45) is 3.43. The summed E-state index contributed by atoms with van der Waals surface area (Å²) in [7, 11) is 3.10. The van der Waals surface area contributed by atoms with Gasteiger partial charge in [-0.1, -0.05) is 0 Å². The predicted molar refractivity (Wildman–Crippen MR) is 91.0 cm³/mol. The minimum atomic E-state index is -0.417. The Hall–Kier alpha value is -2.28. The van der Waals surface area contributed by atoms with Gasteiger partial charge in [0.25, 0.3) is 0 Å². The summed E-state index contributed by atoms with van der Waals surface area (Å²) in [6.45, 7) is 1.40. The van der Waals surface area contributed by atoms with E-state index in [0.29, 0.717) is 29.8 Å². The number of anilines is 1. The number of piperidine rings is 1. The van der Waals surface area contributed by atoms with Crippen LogP contribution in [0.2, 0.25) is 0 Å². The van der Waals surface area contributed by atoms with Crippen molar-refractivity contribution in [3.05, 3.63) is 18.2 Å². The lowest BCUT2D eigenvalue weighted by atomic mass is 9.97. The zero-order valence-corrected chi connectivity index (χ0v) is 14.7. The van der Waals surface area contributed by atoms with Crippen molar-refractivity contribution in [1.29, 1.82) is 0 Å². The standard InChI is InChI=1S/C18H24N2O5/c1-23-15-7-6-12(9-16(15)24-2)19-17(21)10-14-18(22)25-11-13-5-3-4-8-20(13)14/h6-7,9,13-14H,3-5,8,10-11H2,1-2H3,(H,19,21)/p+1/t13-,14+/m1/s1. The van der Waals surface area contributed by atoms with Crippen molar-refractivity contribution in [2.24, 2.45) is 0 Å². The van der Waals surface area contributed by atoms with E-state index in [0.717, 1.165) is 25.8 Å². The number of methoxy groups -OCH3 is 2. The Bertz CT molecular complexity index is 648. The van der Waals surface area contributed by atoms with Gasteiger partial charge in [0.1, 0.15) is 12.6 Å². The number of amides is 1. The van der Waals surface area contributed by atoms with Crippen LogP contribution in [0, 0.1) is 0 Å². The molecule has 0 aromatic heterocycles. The number of rotatable bonds is 5. The Balaban J connectivity index is 1.66. The first kappa shape index (κ1) is 17.5. The molecule has 2 saturated heterocycles. The highest BCUT2D eigenvalue weighted by molar-refractivity contribution is 5.94. The molecule has 7 heteroatoms. The molecular weight excluding hydrogens is 324 g/mol. The van der Waals surface area contributed by atoms with Gasteiger partial charge in [0, 0.05) is 18.2 Å². The predicted octanol–water partition coefficient (Wildman–Crippen LogP) is 0.395. The molecule has 2 fully saturated rings. The van der Waals surface area contributed by atoms with Crippen LogP contribution in [0.15, 0.2) is 18.2 Å². The number of esters is 1. The lowest BCUT2D eigenvalue weighted by molar-refractivity contribution is -0.951. The van der Waals surface area contributed by atoms with E-state index in [2.05, 4.69) is 5.32 Å². The summed E-state index contributed by atoms with van der Waals surface area (Å²) in [5.41, 5.74) is 0.608. The maximum atomic E-state index is 12.5. The lowest BCUT2D eigenvalue weighted by Crippen LogP contribution is -3.22. The Morgan fingerprint density at radius 1 is 1.28 bits per heavy atom. The highest BCUT2D eigenvalue weighted by atomic mass is 16.5. The van der Waals surface area contributed by atoms with Crippen LogP contribution in [0.1, 0.15) is 25.7 Å². The van der Waals surface area contributed by atoms with Crippen LogP contribution in [-0.4, -0.2) is 51.3 Å². The monoisotopic (exact) mass is 349 g/mol. The molecule has 2 aliphatic rings. The third-order valence-corrected chi connectivity index (χ3v) is 5.01. The van der Waals surface area contributed by atoms with Crippen molar-refractivity contribution in [3.63, 3.8) is 0 Å². The fourth-order valence-corrected chi connectivity index (χ4v) is 3.72. The van der Waals surface area contributed by atoms with Gasteiger partial charge < -0.3 is 24.4 Å². The minimum absolute atomic E-state index is 0.124. The number of nitrogens with one attached hydrogen (secondary N) is 2. The third-order valence-electron chi connectivity index (χ3n) is 5.01. The number of carbonyl (C=O) groups excluding carboxylic acids is 2. The van der Waals surface area contributed by atoms with E-state index in [1.165, 1.54) is 4.90 Å². The molecule has 1 aromatic carbocycles. The first-order chi connectivity index (χ1) is 12.1.